The molecule has 0 atom stereocenters. The quantitative estimate of drug-likeness (QED) is 0.498. The zero-order chi connectivity index (χ0) is 11.9. The Labute approximate surface area is 105 Å². The van der Waals surface area contributed by atoms with Crippen LogP contribution in [0.5, 0.6) is 0 Å². The van der Waals surface area contributed by atoms with Crippen LogP contribution < -0.4 is 0 Å². The summed E-state index contributed by atoms with van der Waals surface area (Å²) in [6.45, 7) is 0. The maximum Gasteiger partial charge on any atom is 0.167 e. The van der Waals surface area contributed by atoms with E-state index in [1.54, 1.807) is 6.20 Å². The van der Waals surface area contributed by atoms with Crippen molar-refractivity contribution in [3.05, 3.63) is 65.9 Å². The topological polar surface area (TPSA) is 26.0 Å². The van der Waals surface area contributed by atoms with Crippen molar-refractivity contribution in [3.8, 4) is 22.5 Å². The van der Waals surface area contributed by atoms with E-state index in [4.69, 9.17) is 4.52 Å². The number of hydrogen-bond acceptors (Lipinski definition) is 2. The summed E-state index contributed by atoms with van der Waals surface area (Å²) in [6.07, 6.45) is 2.67. The zero-order valence-corrected chi connectivity index (χ0v) is 9.76. The molecule has 86 valence electrons. The van der Waals surface area contributed by atoms with Crippen LogP contribution in [0.4, 0.5) is 0 Å². The normalized spacial score (nSPS) is 12.2. The van der Waals surface area contributed by atoms with Gasteiger partial charge in [-0.15, -0.1) is 0 Å². The minimum absolute atomic E-state index is 0.847. The summed E-state index contributed by atoms with van der Waals surface area (Å²) in [5.74, 6) is 0.847. The molecule has 1 aromatic heterocycles. The molecular weight excluding hydrogens is 222 g/mol. The lowest BCUT2D eigenvalue weighted by Crippen LogP contribution is -1.86. The van der Waals surface area contributed by atoms with E-state index in [-0.39, 0.29) is 0 Å². The van der Waals surface area contributed by atoms with Gasteiger partial charge in [0.25, 0.3) is 0 Å². The SMILES string of the molecule is c1ccc2c(c1)Cc1c(-c3ccno3)cccc1-2. The van der Waals surface area contributed by atoms with Crippen molar-refractivity contribution in [1.82, 2.24) is 5.16 Å². The maximum absolute atomic E-state index is 5.29. The van der Waals surface area contributed by atoms with Gasteiger partial charge in [0.1, 0.15) is 0 Å². The molecule has 0 amide bonds. The van der Waals surface area contributed by atoms with Crippen LogP contribution in [0.2, 0.25) is 0 Å². The van der Waals surface area contributed by atoms with E-state index in [0.717, 1.165) is 17.7 Å². The number of fused-ring (bicyclic) bond motifs is 3. The molecule has 4 rings (SSSR count). The Hall–Kier alpha value is -2.35. The molecule has 3 aromatic rings. The summed E-state index contributed by atoms with van der Waals surface area (Å²) in [4.78, 5) is 0. The fourth-order valence-corrected chi connectivity index (χ4v) is 2.74. The monoisotopic (exact) mass is 233 g/mol. The van der Waals surface area contributed by atoms with E-state index in [0.29, 0.717) is 0 Å². The van der Waals surface area contributed by atoms with Gasteiger partial charge in [-0.05, 0) is 28.7 Å². The molecule has 0 radical (unpaired) electrons. The summed E-state index contributed by atoms with van der Waals surface area (Å²) in [6, 6.07) is 16.8. The molecule has 0 bridgehead atoms. The molecule has 1 aliphatic rings. The average molecular weight is 233 g/mol. The van der Waals surface area contributed by atoms with Crippen LogP contribution in [0.3, 0.4) is 0 Å². The predicted octanol–water partition coefficient (Wildman–Crippen LogP) is 3.91. The fourth-order valence-electron chi connectivity index (χ4n) is 2.74. The van der Waals surface area contributed by atoms with Crippen molar-refractivity contribution in [3.63, 3.8) is 0 Å². The largest absolute Gasteiger partial charge is 0.356 e. The smallest absolute Gasteiger partial charge is 0.167 e. The summed E-state index contributed by atoms with van der Waals surface area (Å²) in [5.41, 5.74) is 6.55. The minimum atomic E-state index is 0.847. The lowest BCUT2D eigenvalue weighted by molar-refractivity contribution is 0.432. The third-order valence-corrected chi connectivity index (χ3v) is 3.55. The lowest BCUT2D eigenvalue weighted by atomic mass is 10.00. The van der Waals surface area contributed by atoms with Crippen LogP contribution in [-0.2, 0) is 6.42 Å². The standard InChI is InChI=1S/C16H11NO/c1-2-5-12-11(4-1)10-15-13(12)6-3-7-14(15)16-8-9-17-18-16/h1-9H,10H2. The van der Waals surface area contributed by atoms with Gasteiger partial charge < -0.3 is 4.52 Å². The Morgan fingerprint density at radius 2 is 1.67 bits per heavy atom. The molecular formula is C16H11NO. The number of hydrogen-bond donors (Lipinski definition) is 0. The molecule has 0 aliphatic heterocycles. The van der Waals surface area contributed by atoms with Crippen molar-refractivity contribution in [2.75, 3.05) is 0 Å². The van der Waals surface area contributed by atoms with Gasteiger partial charge in [-0.3, -0.25) is 0 Å². The van der Waals surface area contributed by atoms with E-state index in [1.165, 1.54) is 22.3 Å². The van der Waals surface area contributed by atoms with E-state index >= 15 is 0 Å². The van der Waals surface area contributed by atoms with E-state index in [9.17, 15) is 0 Å². The first-order chi connectivity index (χ1) is 8.93. The number of aromatic nitrogens is 1. The van der Waals surface area contributed by atoms with Crippen LogP contribution in [0.15, 0.2) is 59.3 Å². The summed E-state index contributed by atoms with van der Waals surface area (Å²) < 4.78 is 5.29. The Balaban J connectivity index is 1.97. The van der Waals surface area contributed by atoms with Gasteiger partial charge >= 0.3 is 0 Å². The fraction of sp³-hybridized carbons (Fsp3) is 0.0625. The Bertz CT molecular complexity index is 714. The van der Waals surface area contributed by atoms with Gasteiger partial charge in [0, 0.05) is 11.6 Å². The number of nitrogens with zero attached hydrogens (tertiary/aromatic N) is 1. The van der Waals surface area contributed by atoms with Gasteiger partial charge in [0.15, 0.2) is 5.76 Å². The summed E-state index contributed by atoms with van der Waals surface area (Å²) in [5, 5.41) is 3.80. The third kappa shape index (κ3) is 1.26. The third-order valence-electron chi connectivity index (χ3n) is 3.55. The van der Waals surface area contributed by atoms with Gasteiger partial charge in [-0.25, -0.2) is 0 Å². The lowest BCUT2D eigenvalue weighted by Gasteiger charge is -2.04. The molecule has 0 unspecified atom stereocenters. The molecule has 2 nitrogen and oxygen atoms in total. The number of rotatable bonds is 1. The van der Waals surface area contributed by atoms with Crippen LogP contribution >= 0.6 is 0 Å². The van der Waals surface area contributed by atoms with Crippen LogP contribution in [0, 0.1) is 0 Å². The molecule has 0 spiro atoms. The second-order valence-corrected chi connectivity index (χ2v) is 4.54. The van der Waals surface area contributed by atoms with Crippen LogP contribution in [0.1, 0.15) is 11.1 Å². The maximum atomic E-state index is 5.29. The molecule has 1 aliphatic carbocycles. The number of benzene rings is 2. The molecule has 1 heterocycles. The molecule has 0 saturated heterocycles. The van der Waals surface area contributed by atoms with Gasteiger partial charge in [0.05, 0.1) is 6.20 Å². The highest BCUT2D eigenvalue weighted by Crippen LogP contribution is 2.41. The van der Waals surface area contributed by atoms with E-state index in [2.05, 4.69) is 47.6 Å². The molecule has 0 saturated carbocycles. The van der Waals surface area contributed by atoms with Crippen LogP contribution in [0.25, 0.3) is 22.5 Å². The van der Waals surface area contributed by atoms with E-state index < -0.39 is 0 Å². The molecule has 2 heteroatoms. The van der Waals surface area contributed by atoms with Crippen molar-refractivity contribution >= 4 is 0 Å². The van der Waals surface area contributed by atoms with Gasteiger partial charge in [-0.2, -0.15) is 0 Å². The zero-order valence-electron chi connectivity index (χ0n) is 9.76. The Morgan fingerprint density at radius 1 is 0.833 bits per heavy atom. The van der Waals surface area contributed by atoms with Crippen molar-refractivity contribution in [2.45, 2.75) is 6.42 Å². The first kappa shape index (κ1) is 9.66. The highest BCUT2D eigenvalue weighted by atomic mass is 16.5. The second kappa shape index (κ2) is 3.57. The summed E-state index contributed by atoms with van der Waals surface area (Å²) in [7, 11) is 0. The summed E-state index contributed by atoms with van der Waals surface area (Å²) >= 11 is 0. The van der Waals surface area contributed by atoms with Crippen molar-refractivity contribution in [1.29, 1.82) is 0 Å². The average Bonchev–Trinajstić information content (AvgIpc) is 3.05. The Morgan fingerprint density at radius 3 is 2.56 bits per heavy atom. The molecule has 2 aromatic carbocycles. The van der Waals surface area contributed by atoms with Crippen molar-refractivity contribution < 1.29 is 4.52 Å². The molecule has 18 heavy (non-hydrogen) atoms. The first-order valence-electron chi connectivity index (χ1n) is 6.05. The van der Waals surface area contributed by atoms with Gasteiger partial charge in [0.2, 0.25) is 0 Å². The highest BCUT2D eigenvalue weighted by Gasteiger charge is 2.21. The minimum Gasteiger partial charge on any atom is -0.356 e. The van der Waals surface area contributed by atoms with Crippen molar-refractivity contribution in [2.24, 2.45) is 0 Å². The first-order valence-corrected chi connectivity index (χ1v) is 6.05. The highest BCUT2D eigenvalue weighted by molar-refractivity contribution is 5.83. The van der Waals surface area contributed by atoms with Gasteiger partial charge in [-0.1, -0.05) is 47.6 Å². The second-order valence-electron chi connectivity index (χ2n) is 4.54. The molecule has 0 N–H and O–H groups in total. The molecule has 0 fully saturated rings. The predicted molar refractivity (Wildman–Crippen MR) is 70.2 cm³/mol. The van der Waals surface area contributed by atoms with E-state index in [1.807, 2.05) is 6.07 Å². The van der Waals surface area contributed by atoms with Crippen LogP contribution in [-0.4, -0.2) is 5.16 Å². The Kier molecular flexibility index (Phi) is 1.92.